The van der Waals surface area contributed by atoms with Crippen LogP contribution in [0.4, 0.5) is 4.79 Å². The third kappa shape index (κ3) is 4.24. The van der Waals surface area contributed by atoms with E-state index in [9.17, 15) is 4.79 Å². The molecule has 2 aliphatic heterocycles. The molecule has 0 unspecified atom stereocenters. The summed E-state index contributed by atoms with van der Waals surface area (Å²) in [5.41, 5.74) is 2.87. The Hall–Kier alpha value is -2.69. The molecule has 0 radical (unpaired) electrons. The van der Waals surface area contributed by atoms with Crippen molar-refractivity contribution in [2.75, 3.05) is 45.9 Å². The molecule has 0 spiro atoms. The molecule has 1 aromatic heterocycles. The Balaban J connectivity index is 1.52. The second-order valence-electron chi connectivity index (χ2n) is 7.23. The van der Waals surface area contributed by atoms with Crippen molar-refractivity contribution in [1.29, 1.82) is 0 Å². The first-order valence-corrected chi connectivity index (χ1v) is 9.72. The smallest absolute Gasteiger partial charge is 0.407 e. The van der Waals surface area contributed by atoms with Gasteiger partial charge in [0.05, 0.1) is 31.0 Å². The minimum absolute atomic E-state index is 0.248. The van der Waals surface area contributed by atoms with Gasteiger partial charge in [-0.3, -0.25) is 4.90 Å². The Kier molecular flexibility index (Phi) is 5.70. The number of benzene rings is 1. The molecule has 7 heteroatoms. The van der Waals surface area contributed by atoms with Crippen molar-refractivity contribution in [2.45, 2.75) is 18.8 Å². The number of ether oxygens (including phenoxy) is 1. The first-order chi connectivity index (χ1) is 13.7. The third-order valence-electron chi connectivity index (χ3n) is 5.46. The van der Waals surface area contributed by atoms with Crippen molar-refractivity contribution < 1.29 is 14.6 Å². The molecule has 0 bridgehead atoms. The van der Waals surface area contributed by atoms with Crippen molar-refractivity contribution in [3.8, 4) is 11.8 Å². The summed E-state index contributed by atoms with van der Waals surface area (Å²) in [7, 11) is 0. The predicted molar refractivity (Wildman–Crippen MR) is 105 cm³/mol. The quantitative estimate of drug-likeness (QED) is 0.805. The van der Waals surface area contributed by atoms with Crippen LogP contribution in [0.1, 0.15) is 30.0 Å². The van der Waals surface area contributed by atoms with E-state index in [1.165, 1.54) is 4.90 Å². The van der Waals surface area contributed by atoms with Gasteiger partial charge in [0.15, 0.2) is 0 Å². The lowest BCUT2D eigenvalue weighted by Gasteiger charge is -2.30. The van der Waals surface area contributed by atoms with Crippen molar-refractivity contribution in [2.24, 2.45) is 0 Å². The van der Waals surface area contributed by atoms with Crippen LogP contribution in [0.3, 0.4) is 0 Å². The van der Waals surface area contributed by atoms with Gasteiger partial charge >= 0.3 is 6.09 Å². The van der Waals surface area contributed by atoms with Gasteiger partial charge in [-0.15, -0.1) is 0 Å². The number of carboxylic acid groups (broad SMARTS) is 1. The summed E-state index contributed by atoms with van der Waals surface area (Å²) in [6.07, 6.45) is 2.32. The lowest BCUT2D eigenvalue weighted by atomic mass is 9.91. The molecule has 0 atom stereocenters. The minimum atomic E-state index is -0.844. The van der Waals surface area contributed by atoms with Gasteiger partial charge in [0.2, 0.25) is 0 Å². The van der Waals surface area contributed by atoms with Gasteiger partial charge < -0.3 is 14.7 Å². The molecule has 3 heterocycles. The lowest BCUT2D eigenvalue weighted by molar-refractivity contribution is 0.0443. The summed E-state index contributed by atoms with van der Waals surface area (Å²) in [5.74, 6) is 6.77. The number of hydrogen-bond donors (Lipinski definition) is 1. The Morgan fingerprint density at radius 2 is 1.96 bits per heavy atom. The van der Waals surface area contributed by atoms with Gasteiger partial charge in [0, 0.05) is 43.0 Å². The van der Waals surface area contributed by atoms with E-state index in [0.29, 0.717) is 13.1 Å². The standard InChI is InChI=1S/C21H24N4O3/c26-21(27)25-8-5-17(6-9-25)20-18-14-16(3-4-19(18)22-15-23-20)2-1-7-24-10-12-28-13-11-24/h3-4,14-15,17H,5-13H2,(H,26,27). The molecule has 1 N–H and O–H groups in total. The van der Waals surface area contributed by atoms with E-state index in [-0.39, 0.29) is 5.92 Å². The molecule has 0 saturated carbocycles. The highest BCUT2D eigenvalue weighted by atomic mass is 16.5. The summed E-state index contributed by atoms with van der Waals surface area (Å²) >= 11 is 0. The van der Waals surface area contributed by atoms with Crippen molar-refractivity contribution in [1.82, 2.24) is 19.8 Å². The molecular formula is C21H24N4O3. The van der Waals surface area contributed by atoms with Crippen molar-refractivity contribution in [3.63, 3.8) is 0 Å². The highest BCUT2D eigenvalue weighted by Gasteiger charge is 2.25. The predicted octanol–water partition coefficient (Wildman–Crippen LogP) is 2.17. The molecule has 7 nitrogen and oxygen atoms in total. The van der Waals surface area contributed by atoms with Crippen LogP contribution in [0, 0.1) is 11.8 Å². The number of piperidine rings is 1. The van der Waals surface area contributed by atoms with Crippen LogP contribution in [-0.4, -0.2) is 76.9 Å². The summed E-state index contributed by atoms with van der Waals surface area (Å²) in [5, 5.41) is 10.2. The lowest BCUT2D eigenvalue weighted by Crippen LogP contribution is -2.37. The SMILES string of the molecule is O=C(O)N1CCC(c2ncnc3ccc(C#CCN4CCOCC4)cc23)CC1. The zero-order chi connectivity index (χ0) is 19.3. The zero-order valence-electron chi connectivity index (χ0n) is 15.8. The number of hydrogen-bond acceptors (Lipinski definition) is 5. The maximum atomic E-state index is 11.1. The molecule has 1 aromatic carbocycles. The maximum Gasteiger partial charge on any atom is 0.407 e. The molecule has 2 aliphatic rings. The number of nitrogens with zero attached hydrogens (tertiary/aromatic N) is 4. The van der Waals surface area contributed by atoms with Gasteiger partial charge in [0.1, 0.15) is 6.33 Å². The molecule has 0 aliphatic carbocycles. The van der Waals surface area contributed by atoms with Gasteiger partial charge in [-0.1, -0.05) is 11.8 Å². The summed E-state index contributed by atoms with van der Waals surface area (Å²) in [4.78, 5) is 23.8. The molecule has 4 rings (SSSR count). The van der Waals surface area contributed by atoms with Gasteiger partial charge in [-0.25, -0.2) is 14.8 Å². The molecular weight excluding hydrogens is 356 g/mol. The Morgan fingerprint density at radius 1 is 1.18 bits per heavy atom. The van der Waals surface area contributed by atoms with Crippen molar-refractivity contribution in [3.05, 3.63) is 35.8 Å². The first-order valence-electron chi connectivity index (χ1n) is 9.72. The largest absolute Gasteiger partial charge is 0.465 e. The average Bonchev–Trinajstić information content (AvgIpc) is 2.74. The second kappa shape index (κ2) is 8.55. The topological polar surface area (TPSA) is 78.8 Å². The minimum Gasteiger partial charge on any atom is -0.465 e. The number of fused-ring (bicyclic) bond motifs is 1. The number of rotatable bonds is 2. The van der Waals surface area contributed by atoms with E-state index in [2.05, 4.69) is 32.8 Å². The van der Waals surface area contributed by atoms with Crippen LogP contribution in [0.5, 0.6) is 0 Å². The van der Waals surface area contributed by atoms with Crippen LogP contribution in [0.25, 0.3) is 10.9 Å². The number of morpholine rings is 1. The molecule has 1 amide bonds. The van der Waals surface area contributed by atoms with Gasteiger partial charge in [-0.2, -0.15) is 0 Å². The highest BCUT2D eigenvalue weighted by molar-refractivity contribution is 5.82. The Labute approximate surface area is 164 Å². The van der Waals surface area contributed by atoms with E-state index in [4.69, 9.17) is 9.84 Å². The van der Waals surface area contributed by atoms with E-state index in [1.807, 2.05) is 12.1 Å². The second-order valence-corrected chi connectivity index (χ2v) is 7.23. The molecule has 146 valence electrons. The molecule has 2 fully saturated rings. The van der Waals surface area contributed by atoms with Crippen LogP contribution >= 0.6 is 0 Å². The van der Waals surface area contributed by atoms with Gasteiger partial charge in [-0.05, 0) is 31.0 Å². The van der Waals surface area contributed by atoms with Crippen LogP contribution < -0.4 is 0 Å². The highest BCUT2D eigenvalue weighted by Crippen LogP contribution is 2.31. The maximum absolute atomic E-state index is 11.1. The zero-order valence-corrected chi connectivity index (χ0v) is 15.8. The summed E-state index contributed by atoms with van der Waals surface area (Å²) in [6, 6.07) is 6.06. The number of aromatic nitrogens is 2. The summed E-state index contributed by atoms with van der Waals surface area (Å²) in [6.45, 7) is 5.25. The first kappa shape index (κ1) is 18.7. The average molecular weight is 380 g/mol. The Bertz CT molecular complexity index is 907. The van der Waals surface area contributed by atoms with E-state index < -0.39 is 6.09 Å². The van der Waals surface area contributed by atoms with Gasteiger partial charge in [0.25, 0.3) is 0 Å². The number of likely N-dealkylation sites (tertiary alicyclic amines) is 1. The summed E-state index contributed by atoms with van der Waals surface area (Å²) < 4.78 is 5.36. The molecule has 28 heavy (non-hydrogen) atoms. The van der Waals surface area contributed by atoms with Crippen LogP contribution in [0.15, 0.2) is 24.5 Å². The number of amides is 1. The fraction of sp³-hybridized carbons (Fsp3) is 0.476. The fourth-order valence-corrected chi connectivity index (χ4v) is 3.84. The third-order valence-corrected chi connectivity index (χ3v) is 5.46. The number of carbonyl (C=O) groups is 1. The van der Waals surface area contributed by atoms with E-state index >= 15 is 0 Å². The van der Waals surface area contributed by atoms with Crippen molar-refractivity contribution >= 4 is 17.0 Å². The molecule has 2 saturated heterocycles. The van der Waals surface area contributed by atoms with E-state index in [1.54, 1.807) is 6.33 Å². The Morgan fingerprint density at radius 3 is 2.71 bits per heavy atom. The van der Waals surface area contributed by atoms with Crippen LogP contribution in [0.2, 0.25) is 0 Å². The van der Waals surface area contributed by atoms with Crippen LogP contribution in [-0.2, 0) is 4.74 Å². The monoisotopic (exact) mass is 380 g/mol. The normalized spacial score (nSPS) is 18.6. The molecule has 2 aromatic rings. The fourth-order valence-electron chi connectivity index (χ4n) is 3.84. The van der Waals surface area contributed by atoms with E-state index in [0.717, 1.165) is 67.8 Å².